The van der Waals surface area contributed by atoms with E-state index in [-0.39, 0.29) is 23.0 Å². The molecule has 2 aliphatic rings. The van der Waals surface area contributed by atoms with E-state index >= 15 is 0 Å². The second-order valence-corrected chi connectivity index (χ2v) is 5.15. The normalized spacial score (nSPS) is 20.1. The van der Waals surface area contributed by atoms with Crippen LogP contribution in [-0.2, 0) is 6.42 Å². The van der Waals surface area contributed by atoms with Crippen LogP contribution < -0.4 is 0 Å². The van der Waals surface area contributed by atoms with Gasteiger partial charge in [-0.05, 0) is 7.05 Å². The average Bonchev–Trinajstić information content (AvgIpc) is 2.89. The van der Waals surface area contributed by atoms with Crippen molar-refractivity contribution in [1.82, 2.24) is 14.8 Å². The summed E-state index contributed by atoms with van der Waals surface area (Å²) in [5.41, 5.74) is 0.620. The molecule has 0 unspecified atom stereocenters. The zero-order valence-electron chi connectivity index (χ0n) is 11.7. The molecule has 3 rings (SSSR count). The average molecular weight is 275 g/mol. The maximum Gasteiger partial charge on any atom is 0.231 e. The molecular formula is C14H17N3O3. The first-order valence-corrected chi connectivity index (χ1v) is 6.84. The highest BCUT2D eigenvalue weighted by atomic mass is 16.4. The highest BCUT2D eigenvalue weighted by Crippen LogP contribution is 2.24. The van der Waals surface area contributed by atoms with Crippen LogP contribution in [0, 0.1) is 0 Å². The van der Waals surface area contributed by atoms with Crippen molar-refractivity contribution in [3.63, 3.8) is 0 Å². The summed E-state index contributed by atoms with van der Waals surface area (Å²) >= 11 is 0. The molecular weight excluding hydrogens is 258 g/mol. The van der Waals surface area contributed by atoms with E-state index in [2.05, 4.69) is 9.88 Å². The number of allylic oxidation sites excluding steroid dienone is 2. The molecule has 0 spiro atoms. The molecule has 1 aliphatic carbocycles. The fourth-order valence-electron chi connectivity index (χ4n) is 2.50. The SMILES string of the molecule is CCc1nc2c(o1)C(=O)C=C(N1CCN(C)CC1)C2=O. The Bertz CT molecular complexity index is 595. The summed E-state index contributed by atoms with van der Waals surface area (Å²) in [5.74, 6) is 0.0581. The predicted molar refractivity (Wildman–Crippen MR) is 71.7 cm³/mol. The number of ketones is 2. The van der Waals surface area contributed by atoms with Crippen LogP contribution in [0.25, 0.3) is 0 Å². The van der Waals surface area contributed by atoms with E-state index in [4.69, 9.17) is 4.42 Å². The van der Waals surface area contributed by atoms with Crippen LogP contribution >= 0.6 is 0 Å². The van der Waals surface area contributed by atoms with Crippen molar-refractivity contribution < 1.29 is 14.0 Å². The number of rotatable bonds is 2. The Balaban J connectivity index is 1.90. The molecule has 0 amide bonds. The number of aryl methyl sites for hydroxylation is 1. The van der Waals surface area contributed by atoms with Crippen LogP contribution in [0.5, 0.6) is 0 Å². The van der Waals surface area contributed by atoms with E-state index < -0.39 is 0 Å². The number of nitrogens with zero attached hydrogens (tertiary/aromatic N) is 3. The zero-order chi connectivity index (χ0) is 14.3. The van der Waals surface area contributed by atoms with Gasteiger partial charge >= 0.3 is 0 Å². The van der Waals surface area contributed by atoms with E-state index in [0.717, 1.165) is 26.2 Å². The lowest BCUT2D eigenvalue weighted by molar-refractivity contribution is 0.0911. The van der Waals surface area contributed by atoms with E-state index in [1.807, 2.05) is 18.9 Å². The van der Waals surface area contributed by atoms with Gasteiger partial charge in [0.15, 0.2) is 11.6 Å². The standard InChI is InChI=1S/C14H17N3O3/c1-3-11-15-12-13(19)9(8-10(18)14(12)20-11)17-6-4-16(2)5-7-17/h8H,3-7H2,1-2H3. The van der Waals surface area contributed by atoms with Crippen molar-refractivity contribution in [2.75, 3.05) is 33.2 Å². The van der Waals surface area contributed by atoms with Crippen molar-refractivity contribution >= 4 is 11.6 Å². The number of carbonyl (C=O) groups is 2. The van der Waals surface area contributed by atoms with Gasteiger partial charge in [0.2, 0.25) is 17.3 Å². The molecule has 6 heteroatoms. The lowest BCUT2D eigenvalue weighted by Gasteiger charge is -2.35. The molecule has 6 nitrogen and oxygen atoms in total. The van der Waals surface area contributed by atoms with E-state index in [0.29, 0.717) is 18.0 Å². The minimum absolute atomic E-state index is 0.0877. The van der Waals surface area contributed by atoms with E-state index in [1.54, 1.807) is 0 Å². The number of piperazine rings is 1. The molecule has 1 aromatic heterocycles. The third kappa shape index (κ3) is 2.06. The molecule has 0 aromatic carbocycles. The number of carbonyl (C=O) groups excluding carboxylic acids is 2. The van der Waals surface area contributed by atoms with Crippen LogP contribution in [0.4, 0.5) is 0 Å². The maximum atomic E-state index is 12.5. The second kappa shape index (κ2) is 4.86. The number of fused-ring (bicyclic) bond motifs is 1. The van der Waals surface area contributed by atoms with Gasteiger partial charge in [-0.2, -0.15) is 0 Å². The summed E-state index contributed by atoms with van der Waals surface area (Å²) in [6.07, 6.45) is 1.96. The first-order valence-electron chi connectivity index (χ1n) is 6.84. The molecule has 2 heterocycles. The van der Waals surface area contributed by atoms with E-state index in [9.17, 15) is 9.59 Å². The van der Waals surface area contributed by atoms with Crippen molar-refractivity contribution in [2.24, 2.45) is 0 Å². The van der Waals surface area contributed by atoms with Crippen molar-refractivity contribution in [2.45, 2.75) is 13.3 Å². The van der Waals surface area contributed by atoms with Crippen molar-refractivity contribution in [1.29, 1.82) is 0 Å². The molecule has 0 radical (unpaired) electrons. The van der Waals surface area contributed by atoms with Gasteiger partial charge in [-0.15, -0.1) is 0 Å². The predicted octanol–water partition coefficient (Wildman–Crippen LogP) is 0.747. The molecule has 0 bridgehead atoms. The molecule has 1 aliphatic heterocycles. The van der Waals surface area contributed by atoms with Crippen LogP contribution in [-0.4, -0.2) is 59.6 Å². The number of oxazole rings is 1. The third-order valence-electron chi connectivity index (χ3n) is 3.76. The Morgan fingerprint density at radius 1 is 1.25 bits per heavy atom. The van der Waals surface area contributed by atoms with Gasteiger partial charge in [0, 0.05) is 38.7 Å². The largest absolute Gasteiger partial charge is 0.436 e. The first-order chi connectivity index (χ1) is 9.60. The van der Waals surface area contributed by atoms with Gasteiger partial charge in [-0.1, -0.05) is 6.92 Å². The Morgan fingerprint density at radius 2 is 1.95 bits per heavy atom. The van der Waals surface area contributed by atoms with Crippen LogP contribution in [0.3, 0.4) is 0 Å². The zero-order valence-corrected chi connectivity index (χ0v) is 11.7. The fourth-order valence-corrected chi connectivity index (χ4v) is 2.50. The van der Waals surface area contributed by atoms with Gasteiger partial charge in [-0.3, -0.25) is 9.59 Å². The fraction of sp³-hybridized carbons (Fsp3) is 0.500. The van der Waals surface area contributed by atoms with E-state index in [1.165, 1.54) is 6.08 Å². The molecule has 20 heavy (non-hydrogen) atoms. The third-order valence-corrected chi connectivity index (χ3v) is 3.76. The van der Waals surface area contributed by atoms with Gasteiger partial charge in [0.25, 0.3) is 0 Å². The van der Waals surface area contributed by atoms with Crippen LogP contribution in [0.1, 0.15) is 33.9 Å². The molecule has 0 atom stereocenters. The highest BCUT2D eigenvalue weighted by molar-refractivity contribution is 6.22. The van der Waals surface area contributed by atoms with Crippen LogP contribution in [0.15, 0.2) is 16.2 Å². The monoisotopic (exact) mass is 275 g/mol. The summed E-state index contributed by atoms with van der Waals surface area (Å²) in [6, 6.07) is 0. The first kappa shape index (κ1) is 13.1. The molecule has 0 N–H and O–H groups in total. The lowest BCUT2D eigenvalue weighted by Crippen LogP contribution is -2.46. The summed E-state index contributed by atoms with van der Waals surface area (Å²) in [7, 11) is 2.04. The number of hydrogen-bond acceptors (Lipinski definition) is 6. The van der Waals surface area contributed by atoms with Gasteiger partial charge < -0.3 is 14.2 Å². The molecule has 1 aromatic rings. The van der Waals surface area contributed by atoms with Crippen LogP contribution in [0.2, 0.25) is 0 Å². The number of aromatic nitrogens is 1. The molecule has 106 valence electrons. The Labute approximate surface area is 117 Å². The smallest absolute Gasteiger partial charge is 0.231 e. The van der Waals surface area contributed by atoms with Gasteiger partial charge in [0.05, 0.1) is 5.70 Å². The summed E-state index contributed by atoms with van der Waals surface area (Å²) in [6.45, 7) is 5.13. The van der Waals surface area contributed by atoms with Gasteiger partial charge in [-0.25, -0.2) is 4.98 Å². The quantitative estimate of drug-likeness (QED) is 0.793. The minimum atomic E-state index is -0.263. The number of hydrogen-bond donors (Lipinski definition) is 0. The van der Waals surface area contributed by atoms with Crippen molar-refractivity contribution in [3.05, 3.63) is 29.1 Å². The maximum absolute atomic E-state index is 12.5. The van der Waals surface area contributed by atoms with Gasteiger partial charge in [0.1, 0.15) is 0 Å². The number of Topliss-reactive ketones (excluding diaryl/α,β-unsaturated/α-hetero) is 1. The Hall–Kier alpha value is -1.95. The molecule has 1 saturated heterocycles. The summed E-state index contributed by atoms with van der Waals surface area (Å²) in [4.78, 5) is 32.9. The Morgan fingerprint density at radius 3 is 2.60 bits per heavy atom. The summed E-state index contributed by atoms with van der Waals surface area (Å²) in [5, 5.41) is 0. The highest BCUT2D eigenvalue weighted by Gasteiger charge is 2.34. The molecule has 0 saturated carbocycles. The molecule has 1 fully saturated rings. The minimum Gasteiger partial charge on any atom is -0.436 e. The number of likely N-dealkylation sites (N-methyl/N-ethyl adjacent to an activating group) is 1. The topological polar surface area (TPSA) is 66.7 Å². The Kier molecular flexibility index (Phi) is 3.17. The second-order valence-electron chi connectivity index (χ2n) is 5.15. The summed E-state index contributed by atoms with van der Waals surface area (Å²) < 4.78 is 5.34. The lowest BCUT2D eigenvalue weighted by atomic mass is 10.0. The van der Waals surface area contributed by atoms with Crippen molar-refractivity contribution in [3.8, 4) is 0 Å².